The number of fused-ring (bicyclic) bond motifs is 1. The number of aromatic nitrogens is 2. The van der Waals surface area contributed by atoms with Gasteiger partial charge >= 0.3 is 5.97 Å². The fourth-order valence-corrected chi connectivity index (χ4v) is 5.46. The second-order valence-corrected chi connectivity index (χ2v) is 8.19. The van der Waals surface area contributed by atoms with Gasteiger partial charge in [0.15, 0.2) is 0 Å². The van der Waals surface area contributed by atoms with Crippen molar-refractivity contribution in [3.8, 4) is 0 Å². The molecule has 2 aromatic rings. The van der Waals surface area contributed by atoms with Crippen LogP contribution in [0.15, 0.2) is 16.7 Å². The molecule has 0 unspecified atom stereocenters. The Morgan fingerprint density at radius 1 is 1.48 bits per heavy atom. The molecule has 2 aromatic heterocycles. The predicted molar refractivity (Wildman–Crippen MR) is 84.2 cm³/mol. The molecule has 10 heteroatoms. The maximum Gasteiger partial charge on any atom is 0.338 e. The lowest BCUT2D eigenvalue weighted by atomic mass is 10.1. The van der Waals surface area contributed by atoms with E-state index in [9.17, 15) is 18.3 Å². The highest BCUT2D eigenvalue weighted by Crippen LogP contribution is 2.34. The largest absolute Gasteiger partial charge is 0.478 e. The summed E-state index contributed by atoms with van der Waals surface area (Å²) < 4.78 is 27.3. The van der Waals surface area contributed by atoms with E-state index in [2.05, 4.69) is 20.0 Å². The number of thiophene rings is 1. The Morgan fingerprint density at radius 2 is 2.30 bits per heavy atom. The number of carboxylic acids is 1. The molecule has 0 aliphatic carbocycles. The summed E-state index contributed by atoms with van der Waals surface area (Å²) in [5.74, 6) is -1.20. The van der Waals surface area contributed by atoms with E-state index in [1.54, 1.807) is 6.20 Å². The van der Waals surface area contributed by atoms with Crippen LogP contribution in [0.4, 0.5) is 0 Å². The lowest BCUT2D eigenvalue weighted by Crippen LogP contribution is -2.27. The van der Waals surface area contributed by atoms with E-state index in [1.165, 1.54) is 6.33 Å². The first-order chi connectivity index (χ1) is 11.0. The lowest BCUT2D eigenvalue weighted by molar-refractivity contribution is 0.0692. The van der Waals surface area contributed by atoms with E-state index < -0.39 is 16.0 Å². The second-order valence-electron chi connectivity index (χ2n) is 5.12. The first-order valence-corrected chi connectivity index (χ1v) is 9.34. The molecule has 1 aliphatic heterocycles. The van der Waals surface area contributed by atoms with E-state index in [-0.39, 0.29) is 16.3 Å². The SMILES string of the molecule is O=C(O)c1c(S(=O)(=O)NCCc2cnc[nH]2)sc2c1CCNC2. The molecule has 0 amide bonds. The van der Waals surface area contributed by atoms with Crippen molar-refractivity contribution in [2.24, 2.45) is 0 Å². The average molecular weight is 356 g/mol. The normalized spacial score (nSPS) is 14.6. The highest BCUT2D eigenvalue weighted by Gasteiger charge is 2.31. The third-order valence-corrected chi connectivity index (χ3v) is 6.81. The van der Waals surface area contributed by atoms with Gasteiger partial charge in [0, 0.05) is 36.3 Å². The number of aromatic carboxylic acids is 1. The zero-order chi connectivity index (χ0) is 16.4. The number of aromatic amines is 1. The van der Waals surface area contributed by atoms with Crippen LogP contribution in [0.25, 0.3) is 0 Å². The number of carboxylic acid groups (broad SMARTS) is 1. The molecule has 0 fully saturated rings. The third kappa shape index (κ3) is 3.29. The average Bonchev–Trinajstić information content (AvgIpc) is 3.13. The maximum absolute atomic E-state index is 12.5. The molecule has 0 saturated carbocycles. The summed E-state index contributed by atoms with van der Waals surface area (Å²) >= 11 is 1.03. The van der Waals surface area contributed by atoms with Crippen LogP contribution in [0.1, 0.15) is 26.5 Å². The van der Waals surface area contributed by atoms with Gasteiger partial charge in [-0.15, -0.1) is 11.3 Å². The summed E-state index contributed by atoms with van der Waals surface area (Å²) in [6, 6.07) is 0. The molecular formula is C13H16N4O4S2. The van der Waals surface area contributed by atoms with Crippen molar-refractivity contribution in [3.05, 3.63) is 34.2 Å². The molecule has 8 nitrogen and oxygen atoms in total. The molecule has 3 rings (SSSR count). The van der Waals surface area contributed by atoms with Gasteiger partial charge < -0.3 is 15.4 Å². The van der Waals surface area contributed by atoms with Gasteiger partial charge in [0.1, 0.15) is 4.21 Å². The van der Waals surface area contributed by atoms with Gasteiger partial charge in [0.05, 0.1) is 11.9 Å². The minimum atomic E-state index is -3.86. The van der Waals surface area contributed by atoms with E-state index in [1.807, 2.05) is 0 Å². The Balaban J connectivity index is 1.84. The summed E-state index contributed by atoms with van der Waals surface area (Å²) in [4.78, 5) is 19.1. The highest BCUT2D eigenvalue weighted by molar-refractivity contribution is 7.91. The number of imidazole rings is 1. The summed E-state index contributed by atoms with van der Waals surface area (Å²) in [7, 11) is -3.86. The molecule has 0 radical (unpaired) electrons. The maximum atomic E-state index is 12.5. The van der Waals surface area contributed by atoms with Gasteiger partial charge in [-0.25, -0.2) is 22.9 Å². The quantitative estimate of drug-likeness (QED) is 0.591. The zero-order valence-corrected chi connectivity index (χ0v) is 13.8. The van der Waals surface area contributed by atoms with Gasteiger partial charge in [-0.05, 0) is 18.5 Å². The summed E-state index contributed by atoms with van der Waals surface area (Å²) in [5, 5.41) is 12.6. The highest BCUT2D eigenvalue weighted by atomic mass is 32.2. The van der Waals surface area contributed by atoms with Crippen LogP contribution in [0.2, 0.25) is 0 Å². The minimum Gasteiger partial charge on any atom is -0.478 e. The van der Waals surface area contributed by atoms with Gasteiger partial charge in [0.25, 0.3) is 10.0 Å². The topological polar surface area (TPSA) is 124 Å². The number of rotatable bonds is 6. The minimum absolute atomic E-state index is 0.0828. The molecule has 4 N–H and O–H groups in total. The van der Waals surface area contributed by atoms with Crippen LogP contribution in [0.5, 0.6) is 0 Å². The standard InChI is InChI=1S/C13H16N4O4S2/c18-12(19)11-9-2-3-14-6-10(9)22-13(11)23(20,21)17-4-1-8-5-15-7-16-8/h5,7,14,17H,1-4,6H2,(H,15,16)(H,18,19). The third-order valence-electron chi connectivity index (χ3n) is 3.59. The molecule has 0 saturated heterocycles. The Morgan fingerprint density at radius 3 is 3.00 bits per heavy atom. The molecule has 124 valence electrons. The number of sulfonamides is 1. The first kappa shape index (κ1) is 16.1. The van der Waals surface area contributed by atoms with Crippen molar-refractivity contribution in [1.29, 1.82) is 0 Å². The van der Waals surface area contributed by atoms with E-state index in [0.29, 0.717) is 31.5 Å². The van der Waals surface area contributed by atoms with Crippen molar-refractivity contribution in [2.75, 3.05) is 13.1 Å². The fourth-order valence-electron chi connectivity index (χ4n) is 2.52. The van der Waals surface area contributed by atoms with Crippen LogP contribution in [0.3, 0.4) is 0 Å². The molecule has 23 heavy (non-hydrogen) atoms. The number of nitrogens with zero attached hydrogens (tertiary/aromatic N) is 1. The first-order valence-electron chi connectivity index (χ1n) is 7.04. The molecular weight excluding hydrogens is 340 g/mol. The summed E-state index contributed by atoms with van der Waals surface area (Å²) in [5.41, 5.74) is 1.36. The van der Waals surface area contributed by atoms with Crippen LogP contribution < -0.4 is 10.0 Å². The molecule has 3 heterocycles. The molecule has 0 spiro atoms. The van der Waals surface area contributed by atoms with Gasteiger partial charge in [-0.3, -0.25) is 0 Å². The van der Waals surface area contributed by atoms with Gasteiger partial charge in [0.2, 0.25) is 0 Å². The van der Waals surface area contributed by atoms with E-state index in [4.69, 9.17) is 0 Å². The lowest BCUT2D eigenvalue weighted by Gasteiger charge is -2.12. The van der Waals surface area contributed by atoms with Crippen LogP contribution in [-0.4, -0.2) is 42.6 Å². The smallest absolute Gasteiger partial charge is 0.338 e. The molecule has 0 bridgehead atoms. The molecule has 0 atom stereocenters. The predicted octanol–water partition coefficient (Wildman–Crippen LogP) is 0.336. The van der Waals surface area contributed by atoms with E-state index in [0.717, 1.165) is 21.9 Å². The Labute approximate surface area is 137 Å². The van der Waals surface area contributed by atoms with E-state index >= 15 is 0 Å². The van der Waals surface area contributed by atoms with Crippen molar-refractivity contribution >= 4 is 27.3 Å². The Kier molecular flexibility index (Phi) is 4.48. The van der Waals surface area contributed by atoms with Gasteiger partial charge in [-0.2, -0.15) is 0 Å². The number of hydrogen-bond donors (Lipinski definition) is 4. The van der Waals surface area contributed by atoms with Crippen LogP contribution in [-0.2, 0) is 29.4 Å². The Hall–Kier alpha value is -1.75. The molecule has 0 aromatic carbocycles. The van der Waals surface area contributed by atoms with Crippen molar-refractivity contribution in [3.63, 3.8) is 0 Å². The van der Waals surface area contributed by atoms with Gasteiger partial charge in [-0.1, -0.05) is 0 Å². The van der Waals surface area contributed by atoms with Crippen molar-refractivity contribution in [2.45, 2.75) is 23.6 Å². The second kappa shape index (κ2) is 6.40. The number of H-pyrrole nitrogens is 1. The van der Waals surface area contributed by atoms with Crippen molar-refractivity contribution < 1.29 is 18.3 Å². The van der Waals surface area contributed by atoms with Crippen LogP contribution >= 0.6 is 11.3 Å². The summed E-state index contributed by atoms with van der Waals surface area (Å²) in [6.07, 6.45) is 4.12. The molecule has 1 aliphatic rings. The zero-order valence-electron chi connectivity index (χ0n) is 12.1. The Bertz CT molecular complexity index is 811. The number of hydrogen-bond acceptors (Lipinski definition) is 6. The fraction of sp³-hybridized carbons (Fsp3) is 0.385. The monoisotopic (exact) mass is 356 g/mol. The summed E-state index contributed by atoms with van der Waals surface area (Å²) in [6.45, 7) is 1.32. The number of nitrogens with one attached hydrogen (secondary N) is 3. The van der Waals surface area contributed by atoms with Crippen LogP contribution in [0, 0.1) is 0 Å². The number of carbonyl (C=O) groups is 1. The van der Waals surface area contributed by atoms with Crippen molar-refractivity contribution in [1.82, 2.24) is 20.0 Å².